The van der Waals surface area contributed by atoms with Crippen LogP contribution in [0.4, 0.5) is 5.69 Å². The van der Waals surface area contributed by atoms with E-state index in [1.54, 1.807) is 0 Å². The van der Waals surface area contributed by atoms with E-state index in [9.17, 15) is 0 Å². The number of fused-ring (bicyclic) bond motifs is 2. The summed E-state index contributed by atoms with van der Waals surface area (Å²) in [4.78, 5) is 22.0. The van der Waals surface area contributed by atoms with Crippen molar-refractivity contribution in [3.8, 4) is 0 Å². The summed E-state index contributed by atoms with van der Waals surface area (Å²) < 4.78 is 6.44. The van der Waals surface area contributed by atoms with E-state index in [2.05, 4.69) is 96.6 Å². The van der Waals surface area contributed by atoms with Gasteiger partial charge in [0.15, 0.2) is 0 Å². The largest absolute Gasteiger partial charge is 0.365 e. The monoisotopic (exact) mass is 638 g/mol. The van der Waals surface area contributed by atoms with Crippen LogP contribution in [0.1, 0.15) is 84.6 Å². The maximum Gasteiger partial charge on any atom is 0.137 e. The smallest absolute Gasteiger partial charge is 0.137 e. The lowest BCUT2D eigenvalue weighted by Gasteiger charge is -2.36. The van der Waals surface area contributed by atoms with Gasteiger partial charge in [0.1, 0.15) is 12.6 Å². The van der Waals surface area contributed by atoms with Crippen LogP contribution in [0, 0.1) is 0 Å². The molecular weight excluding hydrogens is 580 g/mol. The molecule has 0 unspecified atom stereocenters. The van der Waals surface area contributed by atoms with Crippen molar-refractivity contribution in [3.63, 3.8) is 0 Å². The van der Waals surface area contributed by atoms with E-state index in [1.165, 1.54) is 71.9 Å². The highest BCUT2D eigenvalue weighted by atomic mass is 16.5. The second kappa shape index (κ2) is 16.7. The summed E-state index contributed by atoms with van der Waals surface area (Å²) in [5.74, 6) is 0.969. The van der Waals surface area contributed by atoms with Gasteiger partial charge in [-0.2, -0.15) is 0 Å². The average molecular weight is 639 g/mol. The van der Waals surface area contributed by atoms with Gasteiger partial charge in [-0.25, -0.2) is 4.99 Å². The fourth-order valence-corrected chi connectivity index (χ4v) is 8.06. The van der Waals surface area contributed by atoms with Crippen LogP contribution in [0.15, 0.2) is 74.4 Å². The van der Waals surface area contributed by atoms with E-state index < -0.39 is 0 Å². The Bertz CT molecular complexity index is 1490. The third kappa shape index (κ3) is 8.24. The van der Waals surface area contributed by atoms with E-state index in [1.807, 2.05) is 7.05 Å². The van der Waals surface area contributed by atoms with Crippen LogP contribution in [0.5, 0.6) is 0 Å². The second-order valence-electron chi connectivity index (χ2n) is 13.8. The van der Waals surface area contributed by atoms with Gasteiger partial charge in [0.25, 0.3) is 0 Å². The van der Waals surface area contributed by atoms with E-state index in [0.29, 0.717) is 6.73 Å². The molecule has 0 N–H and O–H groups in total. The zero-order chi connectivity index (χ0) is 33.2. The van der Waals surface area contributed by atoms with Crippen molar-refractivity contribution in [2.45, 2.75) is 91.0 Å². The molecule has 0 saturated carbocycles. The van der Waals surface area contributed by atoms with Crippen molar-refractivity contribution in [1.29, 1.82) is 0 Å². The summed E-state index contributed by atoms with van der Waals surface area (Å²) >= 11 is 0. The minimum absolute atomic E-state index is 0.227. The zero-order valence-electron chi connectivity index (χ0n) is 29.9. The Labute approximate surface area is 284 Å². The first-order valence-corrected chi connectivity index (χ1v) is 18.1. The fourth-order valence-electron chi connectivity index (χ4n) is 8.06. The molecular formula is C40H58N6O. The number of benzene rings is 2. The number of piperidine rings is 1. The molecule has 0 aliphatic carbocycles. The van der Waals surface area contributed by atoms with Crippen molar-refractivity contribution in [2.75, 3.05) is 64.6 Å². The average Bonchev–Trinajstić information content (AvgIpc) is 3.67. The number of aryl methyl sites for hydroxylation is 1. The van der Waals surface area contributed by atoms with E-state index in [0.717, 1.165) is 82.1 Å². The molecule has 3 aliphatic rings. The Morgan fingerprint density at radius 3 is 2.51 bits per heavy atom. The van der Waals surface area contributed by atoms with Gasteiger partial charge in [-0.05, 0) is 102 Å². The molecule has 254 valence electrons. The molecule has 7 heteroatoms. The summed E-state index contributed by atoms with van der Waals surface area (Å²) in [6.07, 6.45) is 12.5. The predicted octanol–water partition coefficient (Wildman–Crippen LogP) is 8.10. The molecule has 0 amide bonds. The van der Waals surface area contributed by atoms with Crippen LogP contribution in [0.3, 0.4) is 0 Å². The number of nitrogens with zero attached hydrogens (tertiary/aromatic N) is 6. The highest BCUT2D eigenvalue weighted by Crippen LogP contribution is 2.39. The van der Waals surface area contributed by atoms with Crippen LogP contribution in [0.25, 0.3) is 10.8 Å². The van der Waals surface area contributed by atoms with Crippen molar-refractivity contribution in [3.05, 3.63) is 65.0 Å². The Morgan fingerprint density at radius 2 is 1.81 bits per heavy atom. The van der Waals surface area contributed by atoms with E-state index in [-0.39, 0.29) is 5.54 Å². The number of hydrogen-bond donors (Lipinski definition) is 0. The normalized spacial score (nSPS) is 20.7. The summed E-state index contributed by atoms with van der Waals surface area (Å²) in [5, 5.41) is 2.68. The molecule has 0 aromatic heterocycles. The lowest BCUT2D eigenvalue weighted by atomic mass is 9.95. The second-order valence-corrected chi connectivity index (χ2v) is 13.8. The van der Waals surface area contributed by atoms with Crippen LogP contribution in [-0.4, -0.2) is 93.1 Å². The van der Waals surface area contributed by atoms with Crippen LogP contribution in [0.2, 0.25) is 0 Å². The summed E-state index contributed by atoms with van der Waals surface area (Å²) in [7, 11) is 1.85. The van der Waals surface area contributed by atoms with E-state index >= 15 is 0 Å². The standard InChI is InChI=1S/C40H58N6O/c1-7-9-22-45(27-31(3)26-32(4)41-5)39(42-6)35-19-25-44(37-18-11-17-34-16-10-15-33(14-8-2)38(34)37)28-36(35)43-30-47-29-40-20-12-23-46(40)24-13-21-40/h10-11,15-18,26H,6-9,12-14,19-25,27-30H2,1-5H3/b31-26+,39-35+,41-32-,43-36-. The van der Waals surface area contributed by atoms with Crippen LogP contribution < -0.4 is 4.90 Å². The quantitative estimate of drug-likeness (QED) is 0.146. The Kier molecular flexibility index (Phi) is 12.4. The van der Waals surface area contributed by atoms with Gasteiger partial charge in [0, 0.05) is 54.6 Å². The lowest BCUT2D eigenvalue weighted by Crippen LogP contribution is -2.42. The summed E-state index contributed by atoms with van der Waals surface area (Å²) in [6.45, 7) is 19.8. The number of unbranched alkanes of at least 4 members (excludes halogenated alkanes) is 1. The van der Waals surface area contributed by atoms with Crippen LogP contribution in [-0.2, 0) is 11.2 Å². The van der Waals surface area contributed by atoms with Crippen molar-refractivity contribution in [1.82, 2.24) is 9.80 Å². The molecule has 7 nitrogen and oxygen atoms in total. The highest BCUT2D eigenvalue weighted by molar-refractivity contribution is 6.07. The first kappa shape index (κ1) is 35.0. The van der Waals surface area contributed by atoms with Gasteiger partial charge < -0.3 is 14.5 Å². The maximum absolute atomic E-state index is 6.44. The van der Waals surface area contributed by atoms with E-state index in [4.69, 9.17) is 14.7 Å². The molecule has 47 heavy (non-hydrogen) atoms. The topological polar surface area (TPSA) is 56.0 Å². The Balaban J connectivity index is 1.49. The minimum Gasteiger partial charge on any atom is -0.365 e. The lowest BCUT2D eigenvalue weighted by molar-refractivity contribution is 0.0391. The molecule has 3 fully saturated rings. The third-order valence-electron chi connectivity index (χ3n) is 10.4. The number of ether oxygens (including phenoxy) is 1. The number of rotatable bonds is 15. The minimum atomic E-state index is 0.227. The van der Waals surface area contributed by atoms with Crippen molar-refractivity contribution < 1.29 is 4.74 Å². The van der Waals surface area contributed by atoms with Crippen molar-refractivity contribution in [2.24, 2.45) is 15.0 Å². The third-order valence-corrected chi connectivity index (χ3v) is 10.4. The molecule has 2 aromatic carbocycles. The van der Waals surface area contributed by atoms with Gasteiger partial charge in [-0.15, -0.1) is 0 Å². The van der Waals surface area contributed by atoms with Gasteiger partial charge >= 0.3 is 0 Å². The number of allylic oxidation sites excluding steroid dienone is 1. The molecule has 3 saturated heterocycles. The summed E-state index contributed by atoms with van der Waals surface area (Å²) in [6, 6.07) is 13.5. The maximum atomic E-state index is 6.44. The molecule has 0 atom stereocenters. The van der Waals surface area contributed by atoms with Gasteiger partial charge in [-0.3, -0.25) is 14.9 Å². The van der Waals surface area contributed by atoms with Crippen molar-refractivity contribution >= 4 is 34.6 Å². The van der Waals surface area contributed by atoms with Gasteiger partial charge in [0.05, 0.1) is 18.9 Å². The predicted molar refractivity (Wildman–Crippen MR) is 202 cm³/mol. The van der Waals surface area contributed by atoms with Gasteiger partial charge in [-0.1, -0.05) is 62.6 Å². The Morgan fingerprint density at radius 1 is 1.04 bits per heavy atom. The molecule has 5 rings (SSSR count). The molecule has 0 bridgehead atoms. The van der Waals surface area contributed by atoms with Gasteiger partial charge in [0.2, 0.25) is 0 Å². The molecule has 0 spiro atoms. The molecule has 3 heterocycles. The number of anilines is 1. The molecule has 2 aromatic rings. The Hall–Kier alpha value is -3.29. The highest BCUT2D eigenvalue weighted by Gasteiger charge is 2.44. The molecule has 3 aliphatic heterocycles. The first-order chi connectivity index (χ1) is 22.9. The first-order valence-electron chi connectivity index (χ1n) is 18.1. The number of hydrogen-bond acceptors (Lipinski definition) is 7. The zero-order valence-corrected chi connectivity index (χ0v) is 29.9. The summed E-state index contributed by atoms with van der Waals surface area (Å²) in [5.41, 5.74) is 7.53. The molecule has 0 radical (unpaired) electrons. The number of aliphatic imine (C=N–C) groups is 3. The van der Waals surface area contributed by atoms with Crippen LogP contribution >= 0.6 is 0 Å². The SMILES string of the molecule is C=N/C(=C1/CCN(c2cccc3cccc(CCC)c23)C/C1=N/COCC12CCCN1CCC2)N(CCCC)C/C(C)=C/C(C)=N\C. The fraction of sp³-hybridized carbons (Fsp3) is 0.575.